The molecule has 0 saturated heterocycles. The van der Waals surface area contributed by atoms with E-state index in [0.29, 0.717) is 32.2 Å². The maximum Gasteiger partial charge on any atom is 0.164 e. The SMILES string of the molecule is C=C1Nc2c(N)nc(CCCCC)nc2N1Cc1ccc(CN(C)CCOCCOCCCCCCCCC)nc1. The van der Waals surface area contributed by atoms with Crippen molar-refractivity contribution in [3.8, 4) is 0 Å². The molecule has 41 heavy (non-hydrogen) atoms. The lowest BCUT2D eigenvalue weighted by molar-refractivity contribution is 0.0390. The average molecular weight is 568 g/mol. The van der Waals surface area contributed by atoms with Gasteiger partial charge in [0.1, 0.15) is 17.3 Å². The molecule has 0 fully saturated rings. The molecule has 0 aliphatic carbocycles. The van der Waals surface area contributed by atoms with Crippen molar-refractivity contribution in [3.05, 3.63) is 47.8 Å². The number of nitrogens with one attached hydrogen (secondary N) is 1. The Kier molecular flexibility index (Phi) is 14.9. The van der Waals surface area contributed by atoms with Crippen LogP contribution in [0.5, 0.6) is 0 Å². The third-order valence-corrected chi connectivity index (χ3v) is 7.36. The summed E-state index contributed by atoms with van der Waals surface area (Å²) in [5, 5.41) is 3.25. The van der Waals surface area contributed by atoms with E-state index in [-0.39, 0.29) is 0 Å². The first-order valence-corrected chi connectivity index (χ1v) is 15.7. The Labute approximate surface area is 247 Å². The van der Waals surface area contributed by atoms with Crippen LogP contribution >= 0.6 is 0 Å². The summed E-state index contributed by atoms with van der Waals surface area (Å²) in [6, 6.07) is 4.20. The van der Waals surface area contributed by atoms with Crippen molar-refractivity contribution in [3.63, 3.8) is 0 Å². The summed E-state index contributed by atoms with van der Waals surface area (Å²) < 4.78 is 11.5. The van der Waals surface area contributed by atoms with Gasteiger partial charge in [-0.2, -0.15) is 0 Å². The molecule has 0 atom stereocenters. The van der Waals surface area contributed by atoms with Crippen LogP contribution in [0, 0.1) is 0 Å². The Balaban J connectivity index is 1.33. The summed E-state index contributed by atoms with van der Waals surface area (Å²) in [6.45, 7) is 13.7. The number of fused-ring (bicyclic) bond motifs is 1. The summed E-state index contributed by atoms with van der Waals surface area (Å²) in [5.74, 6) is 2.80. The van der Waals surface area contributed by atoms with Gasteiger partial charge in [0.05, 0.1) is 32.1 Å². The number of hydrogen-bond acceptors (Lipinski definition) is 9. The summed E-state index contributed by atoms with van der Waals surface area (Å²) in [5.41, 5.74) is 9.09. The van der Waals surface area contributed by atoms with E-state index in [4.69, 9.17) is 25.2 Å². The quantitative estimate of drug-likeness (QED) is 0.159. The Bertz CT molecular complexity index is 1030. The fourth-order valence-corrected chi connectivity index (χ4v) is 4.87. The minimum atomic E-state index is 0.474. The van der Waals surface area contributed by atoms with Crippen molar-refractivity contribution in [1.82, 2.24) is 19.9 Å². The minimum Gasteiger partial charge on any atom is -0.382 e. The van der Waals surface area contributed by atoms with Crippen LogP contribution in [0.15, 0.2) is 30.7 Å². The number of anilines is 3. The predicted molar refractivity (Wildman–Crippen MR) is 169 cm³/mol. The summed E-state index contributed by atoms with van der Waals surface area (Å²) in [4.78, 5) is 18.3. The lowest BCUT2D eigenvalue weighted by Crippen LogP contribution is -2.24. The molecule has 0 spiro atoms. The van der Waals surface area contributed by atoms with Gasteiger partial charge < -0.3 is 25.4 Å². The number of unbranched alkanes of at least 4 members (excludes halogenated alkanes) is 8. The lowest BCUT2D eigenvalue weighted by Gasteiger charge is -2.19. The third kappa shape index (κ3) is 11.6. The standard InChI is InChI=1S/C32H53N7O2/c1-5-7-9-10-11-12-14-19-40-21-22-41-20-18-38(4)25-28-17-16-27(23-34-28)24-39-26(3)35-30-31(33)36-29(37-32(30)39)15-13-8-6-2/h16-17,23,35H,3,5-15,18-22,24-25H2,1-2,4H3,(H2,33,36,37). The molecule has 3 rings (SSSR count). The highest BCUT2D eigenvalue weighted by atomic mass is 16.5. The molecule has 1 aliphatic heterocycles. The first kappa shape index (κ1) is 32.8. The molecule has 2 aromatic heterocycles. The Morgan fingerprint density at radius 2 is 1.61 bits per heavy atom. The number of nitrogens with zero attached hydrogens (tertiary/aromatic N) is 5. The van der Waals surface area contributed by atoms with Gasteiger partial charge in [-0.1, -0.05) is 77.9 Å². The molecule has 0 saturated carbocycles. The largest absolute Gasteiger partial charge is 0.382 e. The first-order chi connectivity index (χ1) is 20.0. The van der Waals surface area contributed by atoms with Crippen molar-refractivity contribution >= 4 is 17.3 Å². The number of nitrogen functional groups attached to an aromatic ring is 1. The summed E-state index contributed by atoms with van der Waals surface area (Å²) in [6.07, 6.45) is 15.3. The fraction of sp³-hybridized carbons (Fsp3) is 0.656. The van der Waals surface area contributed by atoms with Crippen LogP contribution in [0.2, 0.25) is 0 Å². The first-order valence-electron chi connectivity index (χ1n) is 15.7. The Hall–Kier alpha value is -2.75. The maximum atomic E-state index is 6.24. The van der Waals surface area contributed by atoms with Crippen LogP contribution in [0.4, 0.5) is 17.3 Å². The molecular weight excluding hydrogens is 514 g/mol. The molecule has 0 radical (unpaired) electrons. The highest BCUT2D eigenvalue weighted by Crippen LogP contribution is 2.38. The number of aromatic nitrogens is 3. The van der Waals surface area contributed by atoms with E-state index < -0.39 is 0 Å². The molecule has 0 amide bonds. The van der Waals surface area contributed by atoms with Crippen molar-refractivity contribution in [2.45, 2.75) is 97.6 Å². The topological polar surface area (TPSA) is 102 Å². The van der Waals surface area contributed by atoms with Crippen LogP contribution < -0.4 is 16.0 Å². The zero-order valence-electron chi connectivity index (χ0n) is 25.8. The Morgan fingerprint density at radius 1 is 0.902 bits per heavy atom. The number of nitrogens with two attached hydrogens (primary N) is 1. The van der Waals surface area contributed by atoms with E-state index in [1.807, 2.05) is 6.20 Å². The zero-order valence-corrected chi connectivity index (χ0v) is 25.8. The summed E-state index contributed by atoms with van der Waals surface area (Å²) >= 11 is 0. The molecule has 228 valence electrons. The van der Waals surface area contributed by atoms with Crippen LogP contribution in [0.1, 0.15) is 95.1 Å². The molecule has 9 nitrogen and oxygen atoms in total. The number of rotatable bonds is 22. The second kappa shape index (κ2) is 18.6. The van der Waals surface area contributed by atoms with Gasteiger partial charge in [-0.25, -0.2) is 9.97 Å². The van der Waals surface area contributed by atoms with Crippen LogP contribution in [-0.4, -0.2) is 59.9 Å². The molecule has 2 aromatic rings. The van der Waals surface area contributed by atoms with Crippen molar-refractivity contribution in [2.24, 2.45) is 0 Å². The van der Waals surface area contributed by atoms with E-state index in [1.54, 1.807) is 0 Å². The predicted octanol–water partition coefficient (Wildman–Crippen LogP) is 6.31. The zero-order chi connectivity index (χ0) is 29.3. The maximum absolute atomic E-state index is 6.24. The van der Waals surface area contributed by atoms with E-state index in [2.05, 4.69) is 59.7 Å². The fourth-order valence-electron chi connectivity index (χ4n) is 4.87. The second-order valence-electron chi connectivity index (χ2n) is 11.1. The van der Waals surface area contributed by atoms with Gasteiger partial charge in [-0.05, 0) is 31.5 Å². The van der Waals surface area contributed by atoms with E-state index in [0.717, 1.165) is 86.2 Å². The average Bonchev–Trinajstić information content (AvgIpc) is 3.27. The van der Waals surface area contributed by atoms with Gasteiger partial charge in [0, 0.05) is 32.3 Å². The molecule has 9 heteroatoms. The monoisotopic (exact) mass is 567 g/mol. The van der Waals surface area contributed by atoms with E-state index in [9.17, 15) is 0 Å². The van der Waals surface area contributed by atoms with E-state index in [1.165, 1.54) is 38.5 Å². The van der Waals surface area contributed by atoms with Gasteiger partial charge in [-0.3, -0.25) is 9.88 Å². The minimum absolute atomic E-state index is 0.474. The molecule has 0 unspecified atom stereocenters. The number of likely N-dealkylation sites (N-methyl/N-ethyl adjacent to an activating group) is 1. The number of aryl methyl sites for hydroxylation is 1. The third-order valence-electron chi connectivity index (χ3n) is 7.36. The van der Waals surface area contributed by atoms with Gasteiger partial charge >= 0.3 is 0 Å². The summed E-state index contributed by atoms with van der Waals surface area (Å²) in [7, 11) is 2.09. The van der Waals surface area contributed by atoms with Crippen molar-refractivity contribution in [1.29, 1.82) is 0 Å². The van der Waals surface area contributed by atoms with Crippen LogP contribution in [0.25, 0.3) is 0 Å². The molecule has 3 heterocycles. The van der Waals surface area contributed by atoms with Gasteiger partial charge in [0.15, 0.2) is 11.6 Å². The molecule has 0 aromatic carbocycles. The second-order valence-corrected chi connectivity index (χ2v) is 11.1. The van der Waals surface area contributed by atoms with Crippen LogP contribution in [0.3, 0.4) is 0 Å². The van der Waals surface area contributed by atoms with Crippen LogP contribution in [-0.2, 0) is 29.0 Å². The highest BCUT2D eigenvalue weighted by Gasteiger charge is 2.27. The molecule has 3 N–H and O–H groups in total. The number of hydrogen-bond donors (Lipinski definition) is 2. The van der Waals surface area contributed by atoms with Crippen molar-refractivity contribution in [2.75, 3.05) is 56.0 Å². The number of ether oxygens (including phenoxy) is 2. The highest BCUT2D eigenvalue weighted by molar-refractivity contribution is 5.84. The molecule has 1 aliphatic rings. The molecular formula is C32H53N7O2. The van der Waals surface area contributed by atoms with E-state index >= 15 is 0 Å². The van der Waals surface area contributed by atoms with Gasteiger partial charge in [-0.15, -0.1) is 0 Å². The molecule has 0 bridgehead atoms. The van der Waals surface area contributed by atoms with Crippen molar-refractivity contribution < 1.29 is 9.47 Å². The smallest absolute Gasteiger partial charge is 0.164 e. The normalized spacial score (nSPS) is 12.8. The van der Waals surface area contributed by atoms with Gasteiger partial charge in [0.25, 0.3) is 0 Å². The van der Waals surface area contributed by atoms with Gasteiger partial charge in [0.2, 0.25) is 0 Å². The Morgan fingerprint density at radius 3 is 2.34 bits per heavy atom. The lowest BCUT2D eigenvalue weighted by atomic mass is 10.1. The number of pyridine rings is 1.